The van der Waals surface area contributed by atoms with Crippen molar-refractivity contribution in [2.45, 2.75) is 0 Å². The number of hydrogen-bond donors (Lipinski definition) is 0. The quantitative estimate of drug-likeness (QED) is 0.262. The van der Waals surface area contributed by atoms with Gasteiger partial charge in [-0.1, -0.05) is 23.7 Å². The van der Waals surface area contributed by atoms with E-state index in [1.165, 1.54) is 30.3 Å². The third kappa shape index (κ3) is 3.66. The van der Waals surface area contributed by atoms with Crippen molar-refractivity contribution in [1.82, 2.24) is 0 Å². The molecule has 0 aliphatic rings. The lowest BCUT2D eigenvalue weighted by Crippen LogP contribution is -2.08. The van der Waals surface area contributed by atoms with Crippen LogP contribution in [0.5, 0.6) is 5.75 Å². The highest BCUT2D eigenvalue weighted by Gasteiger charge is 2.12. The molecule has 0 spiro atoms. The van der Waals surface area contributed by atoms with Gasteiger partial charge in [0, 0.05) is 16.5 Å². The molecule has 0 fully saturated rings. The lowest BCUT2D eigenvalue weighted by Gasteiger charge is -2.06. The molecule has 1 aromatic heterocycles. The maximum Gasteiger partial charge on any atom is 0.344 e. The topological polar surface area (TPSA) is 56.5 Å². The normalized spacial score (nSPS) is 10.8. The van der Waals surface area contributed by atoms with Crippen molar-refractivity contribution in [3.05, 3.63) is 99.6 Å². The molecule has 6 heteroatoms. The van der Waals surface area contributed by atoms with E-state index in [2.05, 4.69) is 0 Å². The highest BCUT2D eigenvalue weighted by Crippen LogP contribution is 2.25. The van der Waals surface area contributed by atoms with Crippen LogP contribution in [0, 0.1) is 5.82 Å². The number of fused-ring (bicyclic) bond motifs is 1. The number of carbonyl (C=O) groups is 1. The lowest BCUT2D eigenvalue weighted by atomic mass is 10.1. The second-order valence-electron chi connectivity index (χ2n) is 6.05. The van der Waals surface area contributed by atoms with Crippen LogP contribution in [0.2, 0.25) is 5.02 Å². The van der Waals surface area contributed by atoms with E-state index in [1.807, 2.05) is 0 Å². The molecule has 0 amide bonds. The Kier molecular flexibility index (Phi) is 4.67. The van der Waals surface area contributed by atoms with E-state index in [-0.39, 0.29) is 16.9 Å². The molecule has 4 aromatic rings. The molecule has 0 radical (unpaired) electrons. The molecule has 0 bridgehead atoms. The summed E-state index contributed by atoms with van der Waals surface area (Å²) in [6.45, 7) is 0. The fourth-order valence-electron chi connectivity index (χ4n) is 2.74. The average molecular weight is 395 g/mol. The fourth-order valence-corrected chi connectivity index (χ4v) is 2.86. The standard InChI is InChI=1S/C22H12ClFO4/c23-16-6-1-13(2-7-16)19-11-15-5-10-18(12-20(15)28-22(19)26)27-21(25)14-3-8-17(24)9-4-14/h1-12H. The Balaban J connectivity index is 1.65. The number of halogens is 2. The van der Waals surface area contributed by atoms with E-state index < -0.39 is 17.4 Å². The molecular formula is C22H12ClFO4. The first-order valence-corrected chi connectivity index (χ1v) is 8.69. The Morgan fingerprint density at radius 2 is 1.64 bits per heavy atom. The maximum atomic E-state index is 13.0. The molecule has 138 valence electrons. The monoisotopic (exact) mass is 394 g/mol. The lowest BCUT2D eigenvalue weighted by molar-refractivity contribution is 0.0735. The molecule has 4 rings (SSSR count). The summed E-state index contributed by atoms with van der Waals surface area (Å²) < 4.78 is 23.6. The average Bonchev–Trinajstić information content (AvgIpc) is 2.68. The summed E-state index contributed by atoms with van der Waals surface area (Å²) in [5.74, 6) is -0.871. The summed E-state index contributed by atoms with van der Waals surface area (Å²) in [5, 5.41) is 1.24. The first-order valence-electron chi connectivity index (χ1n) is 8.31. The van der Waals surface area contributed by atoms with Gasteiger partial charge in [-0.2, -0.15) is 0 Å². The van der Waals surface area contributed by atoms with Crippen LogP contribution in [0.15, 0.2) is 82.0 Å². The van der Waals surface area contributed by atoms with Crippen LogP contribution in [0.4, 0.5) is 4.39 Å². The molecule has 0 unspecified atom stereocenters. The number of hydrogen-bond acceptors (Lipinski definition) is 4. The smallest absolute Gasteiger partial charge is 0.344 e. The van der Waals surface area contributed by atoms with Crippen molar-refractivity contribution >= 4 is 28.5 Å². The number of esters is 1. The molecule has 0 aliphatic heterocycles. The van der Waals surface area contributed by atoms with Gasteiger partial charge in [0.2, 0.25) is 0 Å². The van der Waals surface area contributed by atoms with Crippen molar-refractivity contribution in [2.24, 2.45) is 0 Å². The third-order valence-electron chi connectivity index (χ3n) is 4.15. The number of rotatable bonds is 3. The van der Waals surface area contributed by atoms with E-state index in [1.54, 1.807) is 42.5 Å². The van der Waals surface area contributed by atoms with Crippen LogP contribution in [-0.4, -0.2) is 5.97 Å². The number of benzene rings is 3. The molecule has 0 atom stereocenters. The first-order chi connectivity index (χ1) is 13.5. The van der Waals surface area contributed by atoms with E-state index in [9.17, 15) is 14.0 Å². The zero-order chi connectivity index (χ0) is 19.7. The summed E-state index contributed by atoms with van der Waals surface area (Å²) in [6.07, 6.45) is 0. The van der Waals surface area contributed by atoms with Crippen LogP contribution in [0.3, 0.4) is 0 Å². The van der Waals surface area contributed by atoms with Crippen LogP contribution in [-0.2, 0) is 0 Å². The van der Waals surface area contributed by atoms with Crippen molar-refractivity contribution in [3.63, 3.8) is 0 Å². The van der Waals surface area contributed by atoms with Gasteiger partial charge in [0.25, 0.3) is 0 Å². The summed E-state index contributed by atoms with van der Waals surface area (Å²) in [6, 6.07) is 18.3. The molecule has 1 heterocycles. The number of ether oxygens (including phenoxy) is 1. The maximum absolute atomic E-state index is 13.0. The van der Waals surface area contributed by atoms with Gasteiger partial charge in [-0.3, -0.25) is 0 Å². The largest absolute Gasteiger partial charge is 0.423 e. The van der Waals surface area contributed by atoms with Gasteiger partial charge in [0.15, 0.2) is 0 Å². The zero-order valence-electron chi connectivity index (χ0n) is 14.3. The van der Waals surface area contributed by atoms with E-state index >= 15 is 0 Å². The van der Waals surface area contributed by atoms with Gasteiger partial charge in [-0.25, -0.2) is 14.0 Å². The SMILES string of the molecule is O=C(Oc1ccc2cc(-c3ccc(Cl)cc3)c(=O)oc2c1)c1ccc(F)cc1. The molecule has 0 aliphatic carbocycles. The van der Waals surface area contributed by atoms with Gasteiger partial charge in [0.1, 0.15) is 17.1 Å². The molecule has 0 saturated heterocycles. The minimum absolute atomic E-state index is 0.209. The van der Waals surface area contributed by atoms with Gasteiger partial charge < -0.3 is 9.15 Å². The summed E-state index contributed by atoms with van der Waals surface area (Å²) in [4.78, 5) is 24.5. The highest BCUT2D eigenvalue weighted by molar-refractivity contribution is 6.30. The molecule has 3 aromatic carbocycles. The predicted molar refractivity (Wildman–Crippen MR) is 104 cm³/mol. The van der Waals surface area contributed by atoms with Crippen molar-refractivity contribution in [2.75, 3.05) is 0 Å². The minimum atomic E-state index is -0.639. The molecule has 4 nitrogen and oxygen atoms in total. The van der Waals surface area contributed by atoms with Gasteiger partial charge in [-0.05, 0) is 60.2 Å². The molecule has 0 saturated carbocycles. The molecule has 28 heavy (non-hydrogen) atoms. The van der Waals surface area contributed by atoms with Crippen molar-refractivity contribution in [3.8, 4) is 16.9 Å². The van der Waals surface area contributed by atoms with Gasteiger partial charge >= 0.3 is 11.6 Å². The predicted octanol–water partition coefficient (Wildman–Crippen LogP) is 5.47. The Bertz CT molecular complexity index is 1230. The second-order valence-corrected chi connectivity index (χ2v) is 6.49. The summed E-state index contributed by atoms with van der Waals surface area (Å²) >= 11 is 5.88. The Morgan fingerprint density at radius 3 is 2.36 bits per heavy atom. The Hall–Kier alpha value is -3.44. The van der Waals surface area contributed by atoms with Crippen molar-refractivity contribution in [1.29, 1.82) is 0 Å². The molecular weight excluding hydrogens is 383 g/mol. The van der Waals surface area contributed by atoms with Gasteiger partial charge in [0.05, 0.1) is 11.1 Å². The van der Waals surface area contributed by atoms with Gasteiger partial charge in [-0.15, -0.1) is 0 Å². The van der Waals surface area contributed by atoms with E-state index in [0.717, 1.165) is 0 Å². The number of carbonyl (C=O) groups excluding carboxylic acids is 1. The third-order valence-corrected chi connectivity index (χ3v) is 4.41. The zero-order valence-corrected chi connectivity index (χ0v) is 15.1. The highest BCUT2D eigenvalue weighted by atomic mass is 35.5. The summed E-state index contributed by atoms with van der Waals surface area (Å²) in [5.41, 5.74) is 1.07. The van der Waals surface area contributed by atoms with Crippen LogP contribution in [0.25, 0.3) is 22.1 Å². The first kappa shape index (κ1) is 17.9. The van der Waals surface area contributed by atoms with E-state index in [0.29, 0.717) is 21.5 Å². The van der Waals surface area contributed by atoms with E-state index in [4.69, 9.17) is 20.8 Å². The fraction of sp³-hybridized carbons (Fsp3) is 0. The van der Waals surface area contributed by atoms with Crippen LogP contribution in [0.1, 0.15) is 10.4 Å². The van der Waals surface area contributed by atoms with Crippen LogP contribution >= 0.6 is 11.6 Å². The molecule has 0 N–H and O–H groups in total. The Labute approximate surface area is 163 Å². The van der Waals surface area contributed by atoms with Crippen LogP contribution < -0.4 is 10.4 Å². The minimum Gasteiger partial charge on any atom is -0.423 e. The second kappa shape index (κ2) is 7.29. The summed E-state index contributed by atoms with van der Waals surface area (Å²) in [7, 11) is 0. The van der Waals surface area contributed by atoms with Crippen molar-refractivity contribution < 1.29 is 18.3 Å². The Morgan fingerprint density at radius 1 is 0.929 bits per heavy atom.